The van der Waals surface area contributed by atoms with Gasteiger partial charge in [0.2, 0.25) is 5.91 Å². The van der Waals surface area contributed by atoms with Crippen LogP contribution in [0.25, 0.3) is 5.65 Å². The van der Waals surface area contributed by atoms with Crippen LogP contribution in [-0.2, 0) is 11.2 Å². The fourth-order valence-corrected chi connectivity index (χ4v) is 3.13. The second kappa shape index (κ2) is 6.48. The summed E-state index contributed by atoms with van der Waals surface area (Å²) in [6, 6.07) is 3.73. The number of nitrogens with one attached hydrogen (secondary N) is 1. The molecule has 5 heteroatoms. The van der Waals surface area contributed by atoms with Crippen LogP contribution in [0.15, 0.2) is 24.5 Å². The van der Waals surface area contributed by atoms with E-state index in [0.717, 1.165) is 30.6 Å². The molecule has 4 nitrogen and oxygen atoms in total. The molecule has 112 valence electrons. The predicted octanol–water partition coefficient (Wildman–Crippen LogP) is 3.23. The first-order valence-electron chi connectivity index (χ1n) is 7.63. The number of nitrogens with zero attached hydrogens (tertiary/aromatic N) is 2. The van der Waals surface area contributed by atoms with E-state index in [4.69, 9.17) is 11.6 Å². The van der Waals surface area contributed by atoms with Crippen LogP contribution >= 0.6 is 11.6 Å². The van der Waals surface area contributed by atoms with Gasteiger partial charge in [-0.25, -0.2) is 4.98 Å². The van der Waals surface area contributed by atoms with Crippen LogP contribution in [0, 0.1) is 5.92 Å². The molecule has 21 heavy (non-hydrogen) atoms. The summed E-state index contributed by atoms with van der Waals surface area (Å²) >= 11 is 5.95. The molecule has 1 aliphatic rings. The normalized spacial score (nSPS) is 16.2. The number of amides is 1. The molecular formula is C16H20ClN3O. The number of pyridine rings is 1. The summed E-state index contributed by atoms with van der Waals surface area (Å²) in [4.78, 5) is 16.6. The SMILES string of the molecule is O=C(NCCc1cn2cc(Cl)ccc2n1)C1CCCCC1. The Morgan fingerprint density at radius 1 is 1.29 bits per heavy atom. The van der Waals surface area contributed by atoms with Gasteiger partial charge in [0.15, 0.2) is 0 Å². The molecule has 1 N–H and O–H groups in total. The number of hydrogen-bond acceptors (Lipinski definition) is 2. The minimum absolute atomic E-state index is 0.210. The van der Waals surface area contributed by atoms with Gasteiger partial charge in [-0.2, -0.15) is 0 Å². The van der Waals surface area contributed by atoms with Crippen LogP contribution in [0.1, 0.15) is 37.8 Å². The summed E-state index contributed by atoms with van der Waals surface area (Å²) in [5.41, 5.74) is 1.86. The Hall–Kier alpha value is -1.55. The van der Waals surface area contributed by atoms with Gasteiger partial charge in [0.05, 0.1) is 10.7 Å². The lowest BCUT2D eigenvalue weighted by Gasteiger charge is -2.20. The minimum Gasteiger partial charge on any atom is -0.355 e. The predicted molar refractivity (Wildman–Crippen MR) is 83.5 cm³/mol. The monoisotopic (exact) mass is 305 g/mol. The van der Waals surface area contributed by atoms with Gasteiger partial charge in [-0.15, -0.1) is 0 Å². The summed E-state index contributed by atoms with van der Waals surface area (Å²) in [5.74, 6) is 0.431. The molecule has 2 aromatic heterocycles. The largest absolute Gasteiger partial charge is 0.355 e. The number of fused-ring (bicyclic) bond motifs is 1. The number of aromatic nitrogens is 2. The van der Waals surface area contributed by atoms with E-state index < -0.39 is 0 Å². The highest BCUT2D eigenvalue weighted by Gasteiger charge is 2.20. The minimum atomic E-state index is 0.210. The van der Waals surface area contributed by atoms with Gasteiger partial charge in [0.1, 0.15) is 5.65 Å². The Labute approximate surface area is 129 Å². The Morgan fingerprint density at radius 2 is 2.10 bits per heavy atom. The van der Waals surface area contributed by atoms with Crippen LogP contribution in [0.3, 0.4) is 0 Å². The van der Waals surface area contributed by atoms with Crippen molar-refractivity contribution in [2.45, 2.75) is 38.5 Å². The third kappa shape index (κ3) is 3.56. The maximum atomic E-state index is 12.1. The van der Waals surface area contributed by atoms with Crippen LogP contribution in [-0.4, -0.2) is 21.8 Å². The fourth-order valence-electron chi connectivity index (χ4n) is 2.96. The average molecular weight is 306 g/mol. The molecule has 0 bridgehead atoms. The Morgan fingerprint density at radius 3 is 2.90 bits per heavy atom. The van der Waals surface area contributed by atoms with E-state index in [0.29, 0.717) is 11.6 Å². The van der Waals surface area contributed by atoms with Crippen LogP contribution in [0.4, 0.5) is 0 Å². The molecule has 0 atom stereocenters. The smallest absolute Gasteiger partial charge is 0.223 e. The number of hydrogen-bond donors (Lipinski definition) is 1. The second-order valence-corrected chi connectivity index (χ2v) is 6.16. The molecule has 1 aliphatic carbocycles. The van der Waals surface area contributed by atoms with Crippen molar-refractivity contribution < 1.29 is 4.79 Å². The summed E-state index contributed by atoms with van der Waals surface area (Å²) in [6.07, 6.45) is 10.3. The van der Waals surface area contributed by atoms with Gasteiger partial charge in [-0.1, -0.05) is 30.9 Å². The number of carbonyl (C=O) groups is 1. The lowest BCUT2D eigenvalue weighted by Crippen LogP contribution is -2.33. The topological polar surface area (TPSA) is 46.4 Å². The van der Waals surface area contributed by atoms with Crippen molar-refractivity contribution >= 4 is 23.2 Å². The molecule has 0 saturated heterocycles. The summed E-state index contributed by atoms with van der Waals surface area (Å²) in [7, 11) is 0. The Balaban J connectivity index is 1.53. The maximum absolute atomic E-state index is 12.1. The third-order valence-electron chi connectivity index (χ3n) is 4.12. The van der Waals surface area contributed by atoms with E-state index in [2.05, 4.69) is 10.3 Å². The van der Waals surface area contributed by atoms with Crippen molar-refractivity contribution in [3.63, 3.8) is 0 Å². The Bertz CT molecular complexity index is 631. The zero-order chi connectivity index (χ0) is 14.7. The molecule has 1 amide bonds. The quantitative estimate of drug-likeness (QED) is 0.942. The molecule has 3 rings (SSSR count). The molecule has 1 saturated carbocycles. The van der Waals surface area contributed by atoms with E-state index in [1.807, 2.05) is 28.9 Å². The Kier molecular flexibility index (Phi) is 4.44. The zero-order valence-electron chi connectivity index (χ0n) is 12.0. The van der Waals surface area contributed by atoms with Gasteiger partial charge in [0, 0.05) is 31.3 Å². The van der Waals surface area contributed by atoms with Gasteiger partial charge < -0.3 is 9.72 Å². The zero-order valence-corrected chi connectivity index (χ0v) is 12.8. The van der Waals surface area contributed by atoms with Crippen molar-refractivity contribution in [1.29, 1.82) is 0 Å². The van der Waals surface area contributed by atoms with Crippen LogP contribution in [0.5, 0.6) is 0 Å². The fraction of sp³-hybridized carbons (Fsp3) is 0.500. The molecule has 2 heterocycles. The number of halogens is 1. The highest BCUT2D eigenvalue weighted by molar-refractivity contribution is 6.30. The summed E-state index contributed by atoms with van der Waals surface area (Å²) in [6.45, 7) is 0.646. The van der Waals surface area contributed by atoms with Crippen LogP contribution < -0.4 is 5.32 Å². The van der Waals surface area contributed by atoms with Crippen molar-refractivity contribution in [2.75, 3.05) is 6.54 Å². The highest BCUT2D eigenvalue weighted by Crippen LogP contribution is 2.23. The first-order valence-corrected chi connectivity index (χ1v) is 8.01. The summed E-state index contributed by atoms with van der Waals surface area (Å²) in [5, 5.41) is 3.73. The van der Waals surface area contributed by atoms with E-state index in [-0.39, 0.29) is 11.8 Å². The molecule has 2 aromatic rings. The molecular weight excluding hydrogens is 286 g/mol. The standard InChI is InChI=1S/C16H20ClN3O/c17-13-6-7-15-19-14(11-20(15)10-13)8-9-18-16(21)12-4-2-1-3-5-12/h6-7,10-12H,1-5,8-9H2,(H,18,21). The number of rotatable bonds is 4. The molecule has 0 aliphatic heterocycles. The van der Waals surface area contributed by atoms with E-state index in [1.165, 1.54) is 19.3 Å². The molecule has 0 spiro atoms. The second-order valence-electron chi connectivity index (χ2n) is 5.72. The maximum Gasteiger partial charge on any atom is 0.223 e. The van der Waals surface area contributed by atoms with Crippen LogP contribution in [0.2, 0.25) is 5.02 Å². The number of carbonyl (C=O) groups excluding carboxylic acids is 1. The third-order valence-corrected chi connectivity index (χ3v) is 4.34. The van der Waals surface area contributed by atoms with E-state index in [9.17, 15) is 4.79 Å². The average Bonchev–Trinajstić information content (AvgIpc) is 2.89. The van der Waals surface area contributed by atoms with Gasteiger partial charge >= 0.3 is 0 Å². The lowest BCUT2D eigenvalue weighted by molar-refractivity contribution is -0.125. The van der Waals surface area contributed by atoms with Crippen molar-refractivity contribution in [1.82, 2.24) is 14.7 Å². The number of imidazole rings is 1. The van der Waals surface area contributed by atoms with Crippen molar-refractivity contribution in [3.05, 3.63) is 35.2 Å². The summed E-state index contributed by atoms with van der Waals surface area (Å²) < 4.78 is 1.92. The van der Waals surface area contributed by atoms with Crippen molar-refractivity contribution in [3.8, 4) is 0 Å². The first-order chi connectivity index (χ1) is 10.2. The van der Waals surface area contributed by atoms with Crippen molar-refractivity contribution in [2.24, 2.45) is 5.92 Å². The molecule has 0 aromatic carbocycles. The van der Waals surface area contributed by atoms with Gasteiger partial charge in [0.25, 0.3) is 0 Å². The van der Waals surface area contributed by atoms with Gasteiger partial charge in [-0.05, 0) is 25.0 Å². The van der Waals surface area contributed by atoms with E-state index in [1.54, 1.807) is 0 Å². The van der Waals surface area contributed by atoms with Gasteiger partial charge in [-0.3, -0.25) is 4.79 Å². The lowest BCUT2D eigenvalue weighted by atomic mass is 9.89. The first kappa shape index (κ1) is 14.4. The van der Waals surface area contributed by atoms with E-state index >= 15 is 0 Å². The molecule has 0 radical (unpaired) electrons. The highest BCUT2D eigenvalue weighted by atomic mass is 35.5. The molecule has 0 unspecified atom stereocenters. The molecule has 1 fully saturated rings.